The number of aliphatic hydroxyl groups is 1. The molecule has 10 nitrogen and oxygen atoms in total. The van der Waals surface area contributed by atoms with Crippen LogP contribution in [-0.2, 0) is 4.74 Å². The van der Waals surface area contributed by atoms with Crippen LogP contribution in [0.3, 0.4) is 0 Å². The molecule has 156 valence electrons. The van der Waals surface area contributed by atoms with Crippen LogP contribution >= 0.6 is 0 Å². The van der Waals surface area contributed by atoms with Crippen molar-refractivity contribution in [3.63, 3.8) is 0 Å². The number of cyclic esters (lactones) is 1. The molecule has 3 heterocycles. The van der Waals surface area contributed by atoms with Crippen LogP contribution < -0.4 is 10.2 Å². The number of hydrogen-bond donors (Lipinski definition) is 2. The second-order valence-electron chi connectivity index (χ2n) is 7.12. The number of aryl methyl sites for hydroxylation is 1. The summed E-state index contributed by atoms with van der Waals surface area (Å²) in [5.74, 6) is 1.43. The molecule has 1 aliphatic rings. The van der Waals surface area contributed by atoms with Crippen LogP contribution in [0.1, 0.15) is 31.3 Å². The second kappa shape index (κ2) is 8.07. The zero-order valence-electron chi connectivity index (χ0n) is 16.8. The minimum atomic E-state index is -0.764. The molecule has 2 N–H and O–H groups in total. The number of amides is 1. The summed E-state index contributed by atoms with van der Waals surface area (Å²) >= 11 is 0. The fourth-order valence-corrected chi connectivity index (χ4v) is 3.19. The molecule has 0 radical (unpaired) electrons. The molecule has 1 aromatic carbocycles. The third-order valence-electron chi connectivity index (χ3n) is 4.88. The lowest BCUT2D eigenvalue weighted by atomic mass is 10.1. The summed E-state index contributed by atoms with van der Waals surface area (Å²) in [6.45, 7) is 5.52. The second-order valence-corrected chi connectivity index (χ2v) is 7.12. The van der Waals surface area contributed by atoms with Crippen LogP contribution in [0.4, 0.5) is 16.6 Å². The summed E-state index contributed by atoms with van der Waals surface area (Å²) in [4.78, 5) is 22.0. The molecule has 10 heteroatoms. The van der Waals surface area contributed by atoms with Crippen LogP contribution in [0.15, 0.2) is 40.9 Å². The van der Waals surface area contributed by atoms with Gasteiger partial charge in [0, 0.05) is 11.8 Å². The van der Waals surface area contributed by atoms with Gasteiger partial charge in [-0.25, -0.2) is 9.78 Å². The molecule has 0 bridgehead atoms. The van der Waals surface area contributed by atoms with Gasteiger partial charge in [0.1, 0.15) is 24.5 Å². The Morgan fingerprint density at radius 1 is 1.23 bits per heavy atom. The van der Waals surface area contributed by atoms with E-state index in [-0.39, 0.29) is 18.6 Å². The van der Waals surface area contributed by atoms with Crippen molar-refractivity contribution in [1.82, 2.24) is 20.2 Å². The molecule has 1 amide bonds. The standard InChI is InChI=1S/C20H22N6O4/c1-11-6-4-5-7-14(11)18-25-24-17(30-18)12(2)22-19-21-9-8-16(23-19)26-15(13(3)27)10-29-20(26)28/h4-9,12-13,15,27H,10H2,1-3H3,(H,21,22,23)/t12-,13+,15+/m0/s1. The number of carbonyl (C=O) groups excluding carboxylic acids is 1. The Labute approximate surface area is 172 Å². The van der Waals surface area contributed by atoms with Gasteiger partial charge in [-0.05, 0) is 38.5 Å². The van der Waals surface area contributed by atoms with Gasteiger partial charge in [-0.15, -0.1) is 10.2 Å². The molecule has 0 saturated carbocycles. The lowest BCUT2D eigenvalue weighted by Crippen LogP contribution is -2.41. The largest absolute Gasteiger partial charge is 0.447 e. The highest BCUT2D eigenvalue weighted by Crippen LogP contribution is 2.26. The van der Waals surface area contributed by atoms with Gasteiger partial charge in [0.05, 0.1) is 6.10 Å². The maximum Gasteiger partial charge on any atom is 0.416 e. The summed E-state index contributed by atoms with van der Waals surface area (Å²) in [7, 11) is 0. The van der Waals surface area contributed by atoms with Gasteiger partial charge < -0.3 is 19.6 Å². The van der Waals surface area contributed by atoms with Crippen molar-refractivity contribution in [2.45, 2.75) is 39.0 Å². The number of benzene rings is 1. The topological polar surface area (TPSA) is 127 Å². The predicted octanol–water partition coefficient (Wildman–Crippen LogP) is 2.71. The summed E-state index contributed by atoms with van der Waals surface area (Å²) in [6.07, 6.45) is 0.202. The Hall–Kier alpha value is -3.53. The van der Waals surface area contributed by atoms with Crippen molar-refractivity contribution in [3.8, 4) is 11.5 Å². The number of nitrogens with one attached hydrogen (secondary N) is 1. The van der Waals surface area contributed by atoms with E-state index >= 15 is 0 Å². The van der Waals surface area contributed by atoms with Gasteiger partial charge in [0.15, 0.2) is 0 Å². The first-order valence-corrected chi connectivity index (χ1v) is 9.57. The number of carbonyl (C=O) groups is 1. The van der Waals surface area contributed by atoms with Gasteiger partial charge in [0.25, 0.3) is 0 Å². The zero-order valence-corrected chi connectivity index (χ0v) is 16.8. The lowest BCUT2D eigenvalue weighted by Gasteiger charge is -2.22. The zero-order chi connectivity index (χ0) is 21.3. The van der Waals surface area contributed by atoms with Crippen molar-refractivity contribution < 1.29 is 19.1 Å². The molecule has 3 aromatic rings. The number of rotatable bonds is 6. The summed E-state index contributed by atoms with van der Waals surface area (Å²) < 4.78 is 10.9. The van der Waals surface area contributed by atoms with Gasteiger partial charge in [0.2, 0.25) is 17.7 Å². The third kappa shape index (κ3) is 3.81. The fourth-order valence-electron chi connectivity index (χ4n) is 3.19. The van der Waals surface area contributed by atoms with E-state index in [4.69, 9.17) is 9.15 Å². The monoisotopic (exact) mass is 410 g/mol. The molecule has 1 saturated heterocycles. The van der Waals surface area contributed by atoms with Gasteiger partial charge >= 0.3 is 6.09 Å². The first-order chi connectivity index (χ1) is 14.4. The number of nitrogens with zero attached hydrogens (tertiary/aromatic N) is 5. The van der Waals surface area contributed by atoms with Crippen molar-refractivity contribution in [2.24, 2.45) is 0 Å². The first-order valence-electron chi connectivity index (χ1n) is 9.57. The molecule has 2 aromatic heterocycles. The number of aliphatic hydroxyl groups excluding tert-OH is 1. The average molecular weight is 410 g/mol. The normalized spacial score (nSPS) is 18.2. The van der Waals surface area contributed by atoms with E-state index < -0.39 is 18.2 Å². The van der Waals surface area contributed by atoms with E-state index in [0.717, 1.165) is 11.1 Å². The summed E-state index contributed by atoms with van der Waals surface area (Å²) in [6, 6.07) is 8.46. The van der Waals surface area contributed by atoms with E-state index in [2.05, 4.69) is 25.5 Å². The lowest BCUT2D eigenvalue weighted by molar-refractivity contribution is 0.142. The SMILES string of the molecule is Cc1ccccc1-c1nnc([C@H](C)Nc2nccc(N3C(=O)OC[C@@H]3[C@@H](C)O)n2)o1. The number of aromatic nitrogens is 4. The van der Waals surface area contributed by atoms with E-state index in [1.807, 2.05) is 38.1 Å². The number of anilines is 2. The number of ether oxygens (including phenoxy) is 1. The van der Waals surface area contributed by atoms with E-state index in [9.17, 15) is 9.90 Å². The Balaban J connectivity index is 1.52. The molecule has 1 fully saturated rings. The van der Waals surface area contributed by atoms with Crippen LogP contribution in [0.25, 0.3) is 11.5 Å². The fraction of sp³-hybridized carbons (Fsp3) is 0.350. The quantitative estimate of drug-likeness (QED) is 0.630. The maximum absolute atomic E-state index is 12.1. The minimum absolute atomic E-state index is 0.101. The Morgan fingerprint density at radius 2 is 2.03 bits per heavy atom. The van der Waals surface area contributed by atoms with Crippen LogP contribution in [0.2, 0.25) is 0 Å². The van der Waals surface area contributed by atoms with Crippen LogP contribution in [0, 0.1) is 6.92 Å². The third-order valence-corrected chi connectivity index (χ3v) is 4.88. The molecule has 0 aliphatic carbocycles. The summed E-state index contributed by atoms with van der Waals surface area (Å²) in [5.41, 5.74) is 1.91. The molecule has 0 unspecified atom stereocenters. The molecule has 0 spiro atoms. The highest BCUT2D eigenvalue weighted by molar-refractivity contribution is 5.89. The van der Waals surface area contributed by atoms with Crippen molar-refractivity contribution in [3.05, 3.63) is 48.0 Å². The van der Waals surface area contributed by atoms with E-state index in [0.29, 0.717) is 17.6 Å². The minimum Gasteiger partial charge on any atom is -0.447 e. The number of hydrogen-bond acceptors (Lipinski definition) is 9. The average Bonchev–Trinajstić information content (AvgIpc) is 3.36. The highest BCUT2D eigenvalue weighted by atomic mass is 16.6. The van der Waals surface area contributed by atoms with Crippen LogP contribution in [0.5, 0.6) is 0 Å². The first kappa shape index (κ1) is 19.8. The van der Waals surface area contributed by atoms with Crippen molar-refractivity contribution >= 4 is 17.9 Å². The van der Waals surface area contributed by atoms with Gasteiger partial charge in [-0.2, -0.15) is 4.98 Å². The van der Waals surface area contributed by atoms with E-state index in [1.165, 1.54) is 11.1 Å². The van der Waals surface area contributed by atoms with Crippen molar-refractivity contribution in [1.29, 1.82) is 0 Å². The maximum atomic E-state index is 12.1. The Kier molecular flexibility index (Phi) is 5.32. The van der Waals surface area contributed by atoms with Gasteiger partial charge in [-0.1, -0.05) is 18.2 Å². The molecule has 1 aliphatic heterocycles. The predicted molar refractivity (Wildman–Crippen MR) is 108 cm³/mol. The molecular formula is C20H22N6O4. The molecular weight excluding hydrogens is 388 g/mol. The Bertz CT molecular complexity index is 1050. The smallest absolute Gasteiger partial charge is 0.416 e. The molecule has 3 atom stereocenters. The molecule has 30 heavy (non-hydrogen) atoms. The van der Waals surface area contributed by atoms with Crippen LogP contribution in [-0.4, -0.2) is 50.1 Å². The Morgan fingerprint density at radius 3 is 2.80 bits per heavy atom. The van der Waals surface area contributed by atoms with Crippen molar-refractivity contribution in [2.75, 3.05) is 16.8 Å². The molecule has 4 rings (SSSR count). The highest BCUT2D eigenvalue weighted by Gasteiger charge is 2.38. The summed E-state index contributed by atoms with van der Waals surface area (Å²) in [5, 5.41) is 21.3. The van der Waals surface area contributed by atoms with Gasteiger partial charge in [-0.3, -0.25) is 4.90 Å². The van der Waals surface area contributed by atoms with E-state index in [1.54, 1.807) is 13.0 Å².